The van der Waals surface area contributed by atoms with Gasteiger partial charge in [-0.1, -0.05) is 30.3 Å². The highest BCUT2D eigenvalue weighted by molar-refractivity contribution is 5.86. The van der Waals surface area contributed by atoms with Crippen LogP contribution in [0.2, 0.25) is 0 Å². The molecule has 3 rings (SSSR count). The summed E-state index contributed by atoms with van der Waals surface area (Å²) < 4.78 is 27.3. The quantitative estimate of drug-likeness (QED) is 0.704. The first-order valence-corrected chi connectivity index (χ1v) is 8.88. The zero-order chi connectivity index (χ0) is 20.4. The summed E-state index contributed by atoms with van der Waals surface area (Å²) in [6.07, 6.45) is 1.43. The highest BCUT2D eigenvalue weighted by atomic mass is 19.2. The van der Waals surface area contributed by atoms with E-state index in [2.05, 4.69) is 10.3 Å². The number of rotatable bonds is 4. The van der Waals surface area contributed by atoms with Gasteiger partial charge in [0.1, 0.15) is 0 Å². The monoisotopic (exact) mass is 385 g/mol. The SMILES string of the molecule is CC(NC(=O)N(C)C(C)c1c[nH]c(=O)c2cc(F)c(F)cc12)c1ccccc1. The van der Waals surface area contributed by atoms with E-state index in [4.69, 9.17) is 0 Å². The molecule has 3 aromatic rings. The number of nitrogens with one attached hydrogen (secondary N) is 2. The molecule has 2 amide bonds. The molecule has 2 unspecified atom stereocenters. The van der Waals surface area contributed by atoms with Gasteiger partial charge in [-0.25, -0.2) is 13.6 Å². The number of carbonyl (C=O) groups excluding carboxylic acids is 1. The lowest BCUT2D eigenvalue weighted by Crippen LogP contribution is -2.40. The number of nitrogens with zero attached hydrogens (tertiary/aromatic N) is 1. The molecule has 2 atom stereocenters. The first kappa shape index (κ1) is 19.5. The second kappa shape index (κ2) is 7.80. The average molecular weight is 385 g/mol. The predicted octanol–water partition coefficient (Wildman–Crippen LogP) is 4.27. The van der Waals surface area contributed by atoms with Crippen LogP contribution in [0.1, 0.15) is 37.1 Å². The summed E-state index contributed by atoms with van der Waals surface area (Å²) >= 11 is 0. The number of hydrogen-bond acceptors (Lipinski definition) is 2. The van der Waals surface area contributed by atoms with E-state index in [1.165, 1.54) is 11.1 Å². The van der Waals surface area contributed by atoms with Gasteiger partial charge in [-0.05, 0) is 42.5 Å². The Kier molecular flexibility index (Phi) is 5.44. The Labute approximate surface area is 161 Å². The Bertz CT molecular complexity index is 1070. The first-order chi connectivity index (χ1) is 13.3. The Morgan fingerprint density at radius 1 is 1.07 bits per heavy atom. The molecule has 1 heterocycles. The zero-order valence-corrected chi connectivity index (χ0v) is 15.8. The number of carbonyl (C=O) groups is 1. The lowest BCUT2D eigenvalue weighted by Gasteiger charge is -2.28. The standard InChI is InChI=1S/C21H21F2N3O2/c1-12(14-7-5-4-6-8-14)25-21(28)26(3)13(2)17-11-24-20(27)16-10-19(23)18(22)9-15(16)17/h4-13H,1-3H3,(H,24,27)(H,25,28). The van der Waals surface area contributed by atoms with E-state index in [1.807, 2.05) is 37.3 Å². The van der Waals surface area contributed by atoms with E-state index >= 15 is 0 Å². The van der Waals surface area contributed by atoms with Crippen molar-refractivity contribution in [1.82, 2.24) is 15.2 Å². The van der Waals surface area contributed by atoms with Crippen LogP contribution in [-0.4, -0.2) is 23.0 Å². The van der Waals surface area contributed by atoms with E-state index in [0.717, 1.165) is 17.7 Å². The third kappa shape index (κ3) is 3.74. The summed E-state index contributed by atoms with van der Waals surface area (Å²) in [5.74, 6) is -2.14. The predicted molar refractivity (Wildman–Crippen MR) is 104 cm³/mol. The number of pyridine rings is 1. The fourth-order valence-corrected chi connectivity index (χ4v) is 3.11. The zero-order valence-electron chi connectivity index (χ0n) is 15.8. The summed E-state index contributed by atoms with van der Waals surface area (Å²) in [6.45, 7) is 3.63. The lowest BCUT2D eigenvalue weighted by atomic mass is 10.0. The molecule has 5 nitrogen and oxygen atoms in total. The van der Waals surface area contributed by atoms with Crippen molar-refractivity contribution in [3.8, 4) is 0 Å². The van der Waals surface area contributed by atoms with Gasteiger partial charge in [0.2, 0.25) is 0 Å². The number of benzene rings is 2. The number of H-pyrrole nitrogens is 1. The topological polar surface area (TPSA) is 65.2 Å². The molecule has 146 valence electrons. The van der Waals surface area contributed by atoms with Crippen molar-refractivity contribution < 1.29 is 13.6 Å². The van der Waals surface area contributed by atoms with Gasteiger partial charge in [0.15, 0.2) is 11.6 Å². The van der Waals surface area contributed by atoms with Crippen molar-refractivity contribution in [3.05, 3.63) is 81.8 Å². The maximum absolute atomic E-state index is 13.8. The molecular formula is C21H21F2N3O2. The Morgan fingerprint density at radius 3 is 2.32 bits per heavy atom. The maximum atomic E-state index is 13.8. The fourth-order valence-electron chi connectivity index (χ4n) is 3.11. The second-order valence-electron chi connectivity index (χ2n) is 6.75. The molecule has 1 aromatic heterocycles. The summed E-state index contributed by atoms with van der Waals surface area (Å²) in [5, 5.41) is 3.21. The van der Waals surface area contributed by atoms with Crippen molar-refractivity contribution in [2.75, 3.05) is 7.05 Å². The summed E-state index contributed by atoms with van der Waals surface area (Å²) in [4.78, 5) is 28.6. The summed E-state index contributed by atoms with van der Waals surface area (Å²) in [7, 11) is 1.61. The van der Waals surface area contributed by atoms with E-state index in [0.29, 0.717) is 5.56 Å². The van der Waals surface area contributed by atoms with Crippen molar-refractivity contribution in [2.45, 2.75) is 25.9 Å². The van der Waals surface area contributed by atoms with Crippen LogP contribution in [0.15, 0.2) is 53.5 Å². The largest absolute Gasteiger partial charge is 0.331 e. The molecule has 0 saturated heterocycles. The molecule has 28 heavy (non-hydrogen) atoms. The third-order valence-electron chi connectivity index (χ3n) is 4.97. The number of halogens is 2. The van der Waals surface area contributed by atoms with Crippen LogP contribution in [0.4, 0.5) is 13.6 Å². The molecule has 0 spiro atoms. The molecule has 0 aliphatic rings. The smallest absolute Gasteiger partial charge is 0.318 e. The van der Waals surface area contributed by atoms with Crippen molar-refractivity contribution in [3.63, 3.8) is 0 Å². The van der Waals surface area contributed by atoms with Crippen LogP contribution in [-0.2, 0) is 0 Å². The Morgan fingerprint density at radius 2 is 1.68 bits per heavy atom. The van der Waals surface area contributed by atoms with Crippen molar-refractivity contribution >= 4 is 16.8 Å². The van der Waals surface area contributed by atoms with Gasteiger partial charge in [0, 0.05) is 13.2 Å². The van der Waals surface area contributed by atoms with E-state index in [1.54, 1.807) is 14.0 Å². The minimum Gasteiger partial charge on any atom is -0.331 e. The van der Waals surface area contributed by atoms with Crippen molar-refractivity contribution in [1.29, 1.82) is 0 Å². The molecule has 0 radical (unpaired) electrons. The number of aromatic amines is 1. The normalized spacial score (nSPS) is 13.2. The lowest BCUT2D eigenvalue weighted by molar-refractivity contribution is 0.191. The highest BCUT2D eigenvalue weighted by Crippen LogP contribution is 2.27. The van der Waals surface area contributed by atoms with Crippen LogP contribution in [0.3, 0.4) is 0 Å². The molecule has 0 fully saturated rings. The van der Waals surface area contributed by atoms with E-state index in [9.17, 15) is 18.4 Å². The maximum Gasteiger partial charge on any atom is 0.318 e. The first-order valence-electron chi connectivity index (χ1n) is 8.88. The molecule has 7 heteroatoms. The number of aromatic nitrogens is 1. The summed E-state index contributed by atoms with van der Waals surface area (Å²) in [6, 6.07) is 10.4. The molecule has 0 aliphatic carbocycles. The van der Waals surface area contributed by atoms with Gasteiger partial charge in [-0.3, -0.25) is 4.79 Å². The van der Waals surface area contributed by atoms with E-state index < -0.39 is 23.2 Å². The van der Waals surface area contributed by atoms with Crippen LogP contribution in [0, 0.1) is 11.6 Å². The summed E-state index contributed by atoms with van der Waals surface area (Å²) in [5.41, 5.74) is 0.956. The third-order valence-corrected chi connectivity index (χ3v) is 4.97. The highest BCUT2D eigenvalue weighted by Gasteiger charge is 2.22. The number of fused-ring (bicyclic) bond motifs is 1. The Balaban J connectivity index is 1.88. The fraction of sp³-hybridized carbons (Fsp3) is 0.238. The molecule has 2 aromatic carbocycles. The van der Waals surface area contributed by atoms with Gasteiger partial charge in [0.25, 0.3) is 5.56 Å². The average Bonchev–Trinajstić information content (AvgIpc) is 2.69. The molecule has 2 N–H and O–H groups in total. The number of amides is 2. The van der Waals surface area contributed by atoms with Crippen LogP contribution >= 0.6 is 0 Å². The van der Waals surface area contributed by atoms with Gasteiger partial charge in [0.05, 0.1) is 17.5 Å². The molecule has 0 bridgehead atoms. The van der Waals surface area contributed by atoms with Crippen molar-refractivity contribution in [2.24, 2.45) is 0 Å². The molecule has 0 saturated carbocycles. The van der Waals surface area contributed by atoms with Crippen LogP contribution in [0.25, 0.3) is 10.8 Å². The molecule has 0 aliphatic heterocycles. The van der Waals surface area contributed by atoms with Crippen LogP contribution in [0.5, 0.6) is 0 Å². The second-order valence-corrected chi connectivity index (χ2v) is 6.75. The molecular weight excluding hydrogens is 364 g/mol. The Hall–Kier alpha value is -3.22. The van der Waals surface area contributed by atoms with Crippen LogP contribution < -0.4 is 10.9 Å². The van der Waals surface area contributed by atoms with Gasteiger partial charge in [-0.15, -0.1) is 0 Å². The minimum atomic E-state index is -1.09. The number of hydrogen-bond donors (Lipinski definition) is 2. The van der Waals surface area contributed by atoms with Gasteiger partial charge in [-0.2, -0.15) is 0 Å². The number of urea groups is 1. The van der Waals surface area contributed by atoms with E-state index in [-0.39, 0.29) is 22.8 Å². The van der Waals surface area contributed by atoms with Gasteiger partial charge < -0.3 is 15.2 Å². The minimum absolute atomic E-state index is 0.0368. The van der Waals surface area contributed by atoms with Gasteiger partial charge >= 0.3 is 6.03 Å².